The molecule has 6 heteroatoms. The molecule has 2 aromatic carbocycles. The van der Waals surface area contributed by atoms with E-state index in [4.69, 9.17) is 4.74 Å². The van der Waals surface area contributed by atoms with Gasteiger partial charge in [0.1, 0.15) is 5.75 Å². The Kier molecular flexibility index (Phi) is 6.22. The molecule has 0 fully saturated rings. The Hall–Kier alpha value is -3.02. The minimum atomic E-state index is -0.746. The van der Waals surface area contributed by atoms with Crippen molar-refractivity contribution in [3.8, 4) is 5.75 Å². The fourth-order valence-corrected chi connectivity index (χ4v) is 2.31. The largest absolute Gasteiger partial charge is 0.481 e. The van der Waals surface area contributed by atoms with E-state index < -0.39 is 12.0 Å². The number of ether oxygens (including phenoxy) is 1. The number of aryl methyl sites for hydroxylation is 1. The molecule has 2 amide bonds. The zero-order valence-electron chi connectivity index (χ0n) is 15.8. The lowest BCUT2D eigenvalue weighted by Gasteiger charge is -2.17. The number of hydrogen-bond donors (Lipinski definition) is 2. The van der Waals surface area contributed by atoms with Gasteiger partial charge in [0.25, 0.3) is 11.8 Å². The summed E-state index contributed by atoms with van der Waals surface area (Å²) >= 11 is 0. The van der Waals surface area contributed by atoms with Gasteiger partial charge in [-0.25, -0.2) is 0 Å². The van der Waals surface area contributed by atoms with Crippen molar-refractivity contribution in [1.82, 2.24) is 10.9 Å². The van der Waals surface area contributed by atoms with Crippen LogP contribution in [0.5, 0.6) is 5.75 Å². The van der Waals surface area contributed by atoms with Gasteiger partial charge in [-0.2, -0.15) is 0 Å². The van der Waals surface area contributed by atoms with Gasteiger partial charge in [-0.3, -0.25) is 20.4 Å². The Morgan fingerprint density at radius 1 is 1.04 bits per heavy atom. The third-order valence-electron chi connectivity index (χ3n) is 4.15. The lowest BCUT2D eigenvalue weighted by Crippen LogP contribution is -2.47. The van der Waals surface area contributed by atoms with E-state index in [0.29, 0.717) is 11.3 Å². The van der Waals surface area contributed by atoms with Gasteiger partial charge in [0.05, 0.1) is 0 Å². The average molecular weight is 355 g/mol. The highest BCUT2D eigenvalue weighted by Gasteiger charge is 2.17. The average Bonchev–Trinajstić information content (AvgIpc) is 2.63. The van der Waals surface area contributed by atoms with Crippen LogP contribution in [0.15, 0.2) is 42.5 Å². The Bertz CT molecular complexity index is 803. The van der Waals surface area contributed by atoms with E-state index in [2.05, 4.69) is 10.9 Å². The molecule has 0 bridgehead atoms. The van der Waals surface area contributed by atoms with Crippen LogP contribution in [-0.2, 0) is 4.79 Å². The first-order chi connectivity index (χ1) is 12.3. The highest BCUT2D eigenvalue weighted by Crippen LogP contribution is 2.21. The Morgan fingerprint density at radius 2 is 1.73 bits per heavy atom. The maximum Gasteiger partial charge on any atom is 0.279 e. The number of rotatable bonds is 5. The maximum absolute atomic E-state index is 12.2. The van der Waals surface area contributed by atoms with Crippen LogP contribution in [0.4, 0.5) is 5.69 Å². The van der Waals surface area contributed by atoms with Crippen LogP contribution in [0.2, 0.25) is 0 Å². The summed E-state index contributed by atoms with van der Waals surface area (Å²) in [6, 6.07) is 12.8. The van der Waals surface area contributed by atoms with Gasteiger partial charge in [0, 0.05) is 25.3 Å². The van der Waals surface area contributed by atoms with E-state index in [1.54, 1.807) is 25.1 Å². The second kappa shape index (κ2) is 8.38. The first-order valence-corrected chi connectivity index (χ1v) is 8.40. The zero-order chi connectivity index (χ0) is 19.3. The second-order valence-electron chi connectivity index (χ2n) is 6.35. The monoisotopic (exact) mass is 355 g/mol. The molecule has 1 atom stereocenters. The smallest absolute Gasteiger partial charge is 0.279 e. The molecule has 0 aliphatic heterocycles. The molecule has 0 heterocycles. The van der Waals surface area contributed by atoms with Crippen molar-refractivity contribution in [3.63, 3.8) is 0 Å². The number of benzene rings is 2. The van der Waals surface area contributed by atoms with E-state index in [-0.39, 0.29) is 5.91 Å². The minimum Gasteiger partial charge on any atom is -0.481 e. The van der Waals surface area contributed by atoms with Crippen molar-refractivity contribution in [2.24, 2.45) is 0 Å². The van der Waals surface area contributed by atoms with E-state index in [1.807, 2.05) is 57.1 Å². The standard InChI is InChI=1S/C20H25N3O3/c1-13-8-6-11-18(14(13)2)26-15(3)19(24)21-22-20(25)16-9-7-10-17(12-16)23(4)5/h6-12,15H,1-5H3,(H,21,24)(H,22,25). The molecule has 0 aromatic heterocycles. The Labute approximate surface area is 154 Å². The molecule has 2 rings (SSSR count). The van der Waals surface area contributed by atoms with Crippen molar-refractivity contribution in [2.45, 2.75) is 26.9 Å². The molecule has 1 unspecified atom stereocenters. The normalized spacial score (nSPS) is 11.4. The molecule has 2 aromatic rings. The summed E-state index contributed by atoms with van der Waals surface area (Å²) in [6.07, 6.45) is -0.746. The van der Waals surface area contributed by atoms with Crippen LogP contribution in [0, 0.1) is 13.8 Å². The number of carbonyl (C=O) groups excluding carboxylic acids is 2. The SMILES string of the molecule is Cc1cccc(OC(C)C(=O)NNC(=O)c2cccc(N(C)C)c2)c1C. The van der Waals surface area contributed by atoms with Crippen molar-refractivity contribution >= 4 is 17.5 Å². The lowest BCUT2D eigenvalue weighted by molar-refractivity contribution is -0.128. The first-order valence-electron chi connectivity index (χ1n) is 8.40. The zero-order valence-corrected chi connectivity index (χ0v) is 15.8. The predicted octanol–water partition coefficient (Wildman–Crippen LogP) is 2.60. The van der Waals surface area contributed by atoms with Crippen molar-refractivity contribution in [2.75, 3.05) is 19.0 Å². The number of amides is 2. The highest BCUT2D eigenvalue weighted by molar-refractivity contribution is 5.96. The summed E-state index contributed by atoms with van der Waals surface area (Å²) in [6.45, 7) is 5.56. The number of carbonyl (C=O) groups is 2. The number of hydrogen-bond acceptors (Lipinski definition) is 4. The van der Waals surface area contributed by atoms with Gasteiger partial charge >= 0.3 is 0 Å². The molecular weight excluding hydrogens is 330 g/mol. The minimum absolute atomic E-state index is 0.388. The molecule has 0 aliphatic carbocycles. The summed E-state index contributed by atoms with van der Waals surface area (Å²) < 4.78 is 5.71. The summed E-state index contributed by atoms with van der Waals surface area (Å²) in [7, 11) is 3.79. The number of nitrogens with one attached hydrogen (secondary N) is 2. The molecule has 26 heavy (non-hydrogen) atoms. The summed E-state index contributed by atoms with van der Waals surface area (Å²) in [5.41, 5.74) is 8.25. The third-order valence-corrected chi connectivity index (χ3v) is 4.15. The van der Waals surface area contributed by atoms with Crippen LogP contribution in [0.1, 0.15) is 28.4 Å². The van der Waals surface area contributed by atoms with E-state index in [1.165, 1.54) is 0 Å². The summed E-state index contributed by atoms with van der Waals surface area (Å²) in [5.74, 6) is -0.165. The van der Waals surface area contributed by atoms with Crippen LogP contribution in [0.3, 0.4) is 0 Å². The maximum atomic E-state index is 12.2. The molecule has 0 saturated carbocycles. The van der Waals surface area contributed by atoms with Gasteiger partial charge in [-0.05, 0) is 56.2 Å². The van der Waals surface area contributed by atoms with Gasteiger partial charge < -0.3 is 9.64 Å². The molecule has 138 valence electrons. The highest BCUT2D eigenvalue weighted by atomic mass is 16.5. The Morgan fingerprint density at radius 3 is 2.42 bits per heavy atom. The van der Waals surface area contributed by atoms with E-state index in [9.17, 15) is 9.59 Å². The molecule has 0 radical (unpaired) electrons. The number of hydrazine groups is 1. The van der Waals surface area contributed by atoms with Crippen LogP contribution < -0.4 is 20.5 Å². The van der Waals surface area contributed by atoms with E-state index in [0.717, 1.165) is 16.8 Å². The molecular formula is C20H25N3O3. The Balaban J connectivity index is 1.94. The summed E-state index contributed by atoms with van der Waals surface area (Å²) in [4.78, 5) is 26.3. The van der Waals surface area contributed by atoms with Crippen LogP contribution >= 0.6 is 0 Å². The first kappa shape index (κ1) is 19.3. The van der Waals surface area contributed by atoms with Gasteiger partial charge in [0.15, 0.2) is 6.10 Å². The predicted molar refractivity (Wildman–Crippen MR) is 102 cm³/mol. The van der Waals surface area contributed by atoms with Crippen LogP contribution in [-0.4, -0.2) is 32.0 Å². The second-order valence-corrected chi connectivity index (χ2v) is 6.35. The van der Waals surface area contributed by atoms with Crippen molar-refractivity contribution in [1.29, 1.82) is 0 Å². The lowest BCUT2D eigenvalue weighted by atomic mass is 10.1. The quantitative estimate of drug-likeness (QED) is 0.809. The molecule has 0 spiro atoms. The fourth-order valence-electron chi connectivity index (χ4n) is 2.31. The van der Waals surface area contributed by atoms with Gasteiger partial charge in [-0.15, -0.1) is 0 Å². The number of nitrogens with zero attached hydrogens (tertiary/aromatic N) is 1. The third kappa shape index (κ3) is 4.75. The van der Waals surface area contributed by atoms with Crippen LogP contribution in [0.25, 0.3) is 0 Å². The molecule has 6 nitrogen and oxygen atoms in total. The van der Waals surface area contributed by atoms with Crippen molar-refractivity contribution in [3.05, 3.63) is 59.2 Å². The topological polar surface area (TPSA) is 70.7 Å². The molecule has 2 N–H and O–H groups in total. The number of anilines is 1. The molecule has 0 aliphatic rings. The summed E-state index contributed by atoms with van der Waals surface area (Å²) in [5, 5.41) is 0. The molecule has 0 saturated heterocycles. The fraction of sp³-hybridized carbons (Fsp3) is 0.300. The van der Waals surface area contributed by atoms with Gasteiger partial charge in [0.2, 0.25) is 0 Å². The van der Waals surface area contributed by atoms with E-state index >= 15 is 0 Å². The van der Waals surface area contributed by atoms with Crippen molar-refractivity contribution < 1.29 is 14.3 Å². The van der Waals surface area contributed by atoms with Gasteiger partial charge in [-0.1, -0.05) is 18.2 Å².